The van der Waals surface area contributed by atoms with Gasteiger partial charge in [0.05, 0.1) is 0 Å². The van der Waals surface area contributed by atoms with Crippen LogP contribution in [0.1, 0.15) is 18.9 Å². The molecule has 4 heteroatoms. The van der Waals surface area contributed by atoms with Crippen molar-refractivity contribution < 1.29 is 8.78 Å². The highest BCUT2D eigenvalue weighted by Crippen LogP contribution is 2.08. The lowest BCUT2D eigenvalue weighted by Crippen LogP contribution is -2.17. The van der Waals surface area contributed by atoms with Gasteiger partial charge in [0.2, 0.25) is 0 Å². The summed E-state index contributed by atoms with van der Waals surface area (Å²) in [6, 6.07) is 3.90. The second kappa shape index (κ2) is 6.03. The SMILES string of the molecule is CC(Cl)CCNCc1ccc(F)c(F)c1. The minimum Gasteiger partial charge on any atom is -0.313 e. The van der Waals surface area contributed by atoms with Crippen LogP contribution in [-0.2, 0) is 6.54 Å². The molecule has 1 atom stereocenters. The Morgan fingerprint density at radius 1 is 1.33 bits per heavy atom. The maximum Gasteiger partial charge on any atom is 0.159 e. The molecule has 0 spiro atoms. The van der Waals surface area contributed by atoms with Gasteiger partial charge in [-0.3, -0.25) is 0 Å². The van der Waals surface area contributed by atoms with E-state index in [0.717, 1.165) is 24.6 Å². The number of alkyl halides is 1. The molecule has 0 amide bonds. The Labute approximate surface area is 93.4 Å². The lowest BCUT2D eigenvalue weighted by molar-refractivity contribution is 0.506. The number of nitrogens with one attached hydrogen (secondary N) is 1. The number of hydrogen-bond donors (Lipinski definition) is 1. The zero-order valence-corrected chi connectivity index (χ0v) is 9.32. The van der Waals surface area contributed by atoms with Gasteiger partial charge < -0.3 is 5.32 Å². The van der Waals surface area contributed by atoms with E-state index in [9.17, 15) is 8.78 Å². The van der Waals surface area contributed by atoms with Crippen LogP contribution in [0.25, 0.3) is 0 Å². The standard InChI is InChI=1S/C11H14ClF2N/c1-8(12)4-5-15-7-9-2-3-10(13)11(14)6-9/h2-3,6,8,15H,4-5,7H2,1H3. The molecule has 15 heavy (non-hydrogen) atoms. The molecule has 0 saturated heterocycles. The van der Waals surface area contributed by atoms with Crippen LogP contribution in [0.4, 0.5) is 8.78 Å². The van der Waals surface area contributed by atoms with E-state index in [1.54, 1.807) is 6.07 Å². The molecule has 84 valence electrons. The number of rotatable bonds is 5. The Hall–Kier alpha value is -0.670. The van der Waals surface area contributed by atoms with Gasteiger partial charge in [-0.15, -0.1) is 11.6 Å². The molecule has 1 nitrogen and oxygen atoms in total. The van der Waals surface area contributed by atoms with Gasteiger partial charge in [-0.25, -0.2) is 8.78 Å². The Morgan fingerprint density at radius 2 is 2.07 bits per heavy atom. The van der Waals surface area contributed by atoms with Gasteiger partial charge in [-0.2, -0.15) is 0 Å². The fourth-order valence-corrected chi connectivity index (χ4v) is 1.29. The highest BCUT2D eigenvalue weighted by Gasteiger charge is 2.02. The fourth-order valence-electron chi connectivity index (χ4n) is 1.18. The Bertz CT molecular complexity index is 315. The second-order valence-corrected chi connectivity index (χ2v) is 4.24. The van der Waals surface area contributed by atoms with E-state index in [2.05, 4.69) is 5.32 Å². The summed E-state index contributed by atoms with van der Waals surface area (Å²) in [5.41, 5.74) is 0.733. The van der Waals surface area contributed by atoms with E-state index < -0.39 is 11.6 Å². The smallest absolute Gasteiger partial charge is 0.159 e. The average Bonchev–Trinajstić information content (AvgIpc) is 2.18. The summed E-state index contributed by atoms with van der Waals surface area (Å²) < 4.78 is 25.4. The van der Waals surface area contributed by atoms with E-state index in [1.165, 1.54) is 6.07 Å². The molecule has 0 fully saturated rings. The van der Waals surface area contributed by atoms with Crippen LogP contribution < -0.4 is 5.32 Å². The third-order valence-corrected chi connectivity index (χ3v) is 2.25. The minimum absolute atomic E-state index is 0.127. The predicted octanol–water partition coefficient (Wildman–Crippen LogP) is 3.07. The van der Waals surface area contributed by atoms with E-state index >= 15 is 0 Å². The molecular weight excluding hydrogens is 220 g/mol. The molecule has 0 aliphatic heterocycles. The second-order valence-electron chi connectivity index (χ2n) is 3.49. The van der Waals surface area contributed by atoms with Gasteiger partial charge in [0.25, 0.3) is 0 Å². The zero-order valence-electron chi connectivity index (χ0n) is 8.56. The number of hydrogen-bond acceptors (Lipinski definition) is 1. The Kier molecular flexibility index (Phi) is 4.99. The van der Waals surface area contributed by atoms with Gasteiger partial charge in [0.1, 0.15) is 0 Å². The molecule has 0 heterocycles. The molecular formula is C11H14ClF2N. The Balaban J connectivity index is 2.35. The van der Waals surface area contributed by atoms with Gasteiger partial charge in [-0.1, -0.05) is 6.07 Å². The molecule has 0 aliphatic rings. The summed E-state index contributed by atoms with van der Waals surface area (Å²) in [6.45, 7) is 3.21. The lowest BCUT2D eigenvalue weighted by Gasteiger charge is -2.06. The monoisotopic (exact) mass is 233 g/mol. The first-order chi connectivity index (χ1) is 7.09. The van der Waals surface area contributed by atoms with Crippen molar-refractivity contribution in [2.45, 2.75) is 25.3 Å². The molecule has 1 unspecified atom stereocenters. The molecule has 1 aromatic carbocycles. The molecule has 0 radical (unpaired) electrons. The summed E-state index contributed by atoms with van der Waals surface area (Å²) in [5, 5.41) is 3.23. The van der Waals surface area contributed by atoms with E-state index in [4.69, 9.17) is 11.6 Å². The van der Waals surface area contributed by atoms with Crippen LogP contribution in [0.2, 0.25) is 0 Å². The predicted molar refractivity (Wildman–Crippen MR) is 58.0 cm³/mol. The average molecular weight is 234 g/mol. The van der Waals surface area contributed by atoms with Crippen LogP contribution in [0.3, 0.4) is 0 Å². The van der Waals surface area contributed by atoms with Crippen molar-refractivity contribution in [3.05, 3.63) is 35.4 Å². The van der Waals surface area contributed by atoms with Crippen molar-refractivity contribution in [3.63, 3.8) is 0 Å². The topological polar surface area (TPSA) is 12.0 Å². The van der Waals surface area contributed by atoms with Crippen LogP contribution in [0.15, 0.2) is 18.2 Å². The molecule has 0 aromatic heterocycles. The first-order valence-corrected chi connectivity index (χ1v) is 5.32. The lowest BCUT2D eigenvalue weighted by atomic mass is 10.2. The van der Waals surface area contributed by atoms with Crippen molar-refractivity contribution in [1.82, 2.24) is 5.32 Å². The first kappa shape index (κ1) is 12.4. The third kappa shape index (κ3) is 4.58. The summed E-state index contributed by atoms with van der Waals surface area (Å²) in [6.07, 6.45) is 0.852. The van der Waals surface area contributed by atoms with Crippen LogP contribution >= 0.6 is 11.6 Å². The van der Waals surface area contributed by atoms with Crippen LogP contribution in [-0.4, -0.2) is 11.9 Å². The maximum atomic E-state index is 12.8. The van der Waals surface area contributed by atoms with E-state index in [1.807, 2.05) is 6.92 Å². The van der Waals surface area contributed by atoms with Crippen LogP contribution in [0.5, 0.6) is 0 Å². The van der Waals surface area contributed by atoms with Crippen molar-refractivity contribution in [3.8, 4) is 0 Å². The third-order valence-electron chi connectivity index (χ3n) is 2.03. The zero-order chi connectivity index (χ0) is 11.3. The van der Waals surface area contributed by atoms with Gasteiger partial charge in [0, 0.05) is 11.9 Å². The minimum atomic E-state index is -0.812. The van der Waals surface area contributed by atoms with Crippen LogP contribution in [0, 0.1) is 11.6 Å². The summed E-state index contributed by atoms with van der Waals surface area (Å²) in [7, 11) is 0. The quantitative estimate of drug-likeness (QED) is 0.609. The van der Waals surface area contributed by atoms with Crippen molar-refractivity contribution in [2.24, 2.45) is 0 Å². The number of halogens is 3. The van der Waals surface area contributed by atoms with Gasteiger partial charge in [0.15, 0.2) is 11.6 Å². The molecule has 1 aromatic rings. The highest BCUT2D eigenvalue weighted by atomic mass is 35.5. The molecule has 1 rings (SSSR count). The normalized spacial score (nSPS) is 12.8. The van der Waals surface area contributed by atoms with Crippen molar-refractivity contribution in [1.29, 1.82) is 0 Å². The van der Waals surface area contributed by atoms with Gasteiger partial charge >= 0.3 is 0 Å². The summed E-state index contributed by atoms with van der Waals surface area (Å²) in [5.74, 6) is -1.62. The first-order valence-electron chi connectivity index (χ1n) is 4.88. The molecule has 0 saturated carbocycles. The van der Waals surface area contributed by atoms with Gasteiger partial charge in [-0.05, 0) is 37.6 Å². The fraction of sp³-hybridized carbons (Fsp3) is 0.455. The van der Waals surface area contributed by atoms with E-state index in [0.29, 0.717) is 6.54 Å². The summed E-state index contributed by atoms with van der Waals surface area (Å²) in [4.78, 5) is 0. The molecule has 1 N–H and O–H groups in total. The number of benzene rings is 1. The van der Waals surface area contributed by atoms with Crippen molar-refractivity contribution >= 4 is 11.6 Å². The van der Waals surface area contributed by atoms with Crippen molar-refractivity contribution in [2.75, 3.05) is 6.54 Å². The summed E-state index contributed by atoms with van der Waals surface area (Å²) >= 11 is 5.76. The highest BCUT2D eigenvalue weighted by molar-refractivity contribution is 6.20. The largest absolute Gasteiger partial charge is 0.313 e. The molecule has 0 bridgehead atoms. The Morgan fingerprint density at radius 3 is 2.67 bits per heavy atom. The maximum absolute atomic E-state index is 12.8. The molecule has 0 aliphatic carbocycles. The van der Waals surface area contributed by atoms with E-state index in [-0.39, 0.29) is 5.38 Å².